The summed E-state index contributed by atoms with van der Waals surface area (Å²) in [5.74, 6) is 1.36. The van der Waals surface area contributed by atoms with Gasteiger partial charge in [0.1, 0.15) is 23.1 Å². The summed E-state index contributed by atoms with van der Waals surface area (Å²) in [6.07, 6.45) is 0. The zero-order valence-corrected chi connectivity index (χ0v) is 11.6. The van der Waals surface area contributed by atoms with Crippen LogP contribution in [0.15, 0.2) is 42.5 Å². The summed E-state index contributed by atoms with van der Waals surface area (Å²) in [4.78, 5) is 0. The van der Waals surface area contributed by atoms with Crippen molar-refractivity contribution in [2.75, 3.05) is 6.61 Å². The SMILES string of the molecule is CCOc1cccc(Oc2cccc(F)c2[C@H](C)N)c1. The quantitative estimate of drug-likeness (QED) is 0.895. The summed E-state index contributed by atoms with van der Waals surface area (Å²) in [6.45, 7) is 4.21. The maximum absolute atomic E-state index is 13.8. The van der Waals surface area contributed by atoms with Crippen molar-refractivity contribution in [3.8, 4) is 17.2 Å². The van der Waals surface area contributed by atoms with Crippen molar-refractivity contribution in [3.63, 3.8) is 0 Å². The lowest BCUT2D eigenvalue weighted by Gasteiger charge is -2.15. The van der Waals surface area contributed by atoms with E-state index < -0.39 is 6.04 Å². The van der Waals surface area contributed by atoms with E-state index in [0.29, 0.717) is 29.4 Å². The Morgan fingerprint density at radius 2 is 1.85 bits per heavy atom. The van der Waals surface area contributed by atoms with Gasteiger partial charge in [-0.05, 0) is 38.1 Å². The molecule has 1 atom stereocenters. The third-order valence-corrected chi connectivity index (χ3v) is 2.81. The van der Waals surface area contributed by atoms with Crippen molar-refractivity contribution < 1.29 is 13.9 Å². The van der Waals surface area contributed by atoms with Crippen LogP contribution in [0, 0.1) is 5.82 Å². The Hall–Kier alpha value is -2.07. The summed E-state index contributed by atoms with van der Waals surface area (Å²) >= 11 is 0. The zero-order valence-electron chi connectivity index (χ0n) is 11.6. The van der Waals surface area contributed by atoms with Crippen molar-refractivity contribution in [2.45, 2.75) is 19.9 Å². The van der Waals surface area contributed by atoms with Gasteiger partial charge in [-0.2, -0.15) is 0 Å². The van der Waals surface area contributed by atoms with Crippen LogP contribution in [0.25, 0.3) is 0 Å². The van der Waals surface area contributed by atoms with Crippen molar-refractivity contribution in [2.24, 2.45) is 5.73 Å². The van der Waals surface area contributed by atoms with E-state index >= 15 is 0 Å². The minimum atomic E-state index is -0.443. The molecule has 0 bridgehead atoms. The predicted octanol–water partition coefficient (Wildman–Crippen LogP) is 4.04. The molecule has 2 aromatic carbocycles. The summed E-state index contributed by atoms with van der Waals surface area (Å²) in [5.41, 5.74) is 6.17. The van der Waals surface area contributed by atoms with E-state index in [2.05, 4.69) is 0 Å². The molecule has 0 spiro atoms. The summed E-state index contributed by atoms with van der Waals surface area (Å²) < 4.78 is 25.0. The van der Waals surface area contributed by atoms with E-state index in [1.54, 1.807) is 31.2 Å². The molecule has 2 rings (SSSR count). The van der Waals surface area contributed by atoms with E-state index in [-0.39, 0.29) is 5.82 Å². The molecule has 106 valence electrons. The van der Waals surface area contributed by atoms with Crippen molar-refractivity contribution in [1.82, 2.24) is 0 Å². The lowest BCUT2D eigenvalue weighted by Crippen LogP contribution is -2.09. The lowest BCUT2D eigenvalue weighted by molar-refractivity contribution is 0.338. The Bertz CT molecular complexity index is 584. The highest BCUT2D eigenvalue weighted by atomic mass is 19.1. The third-order valence-electron chi connectivity index (χ3n) is 2.81. The third kappa shape index (κ3) is 3.27. The molecule has 0 amide bonds. The Labute approximate surface area is 118 Å². The first-order chi connectivity index (χ1) is 9.61. The first-order valence-electron chi connectivity index (χ1n) is 6.56. The fraction of sp³-hybridized carbons (Fsp3) is 0.250. The van der Waals surface area contributed by atoms with Gasteiger partial charge in [0.05, 0.1) is 6.61 Å². The lowest BCUT2D eigenvalue weighted by atomic mass is 10.1. The molecule has 20 heavy (non-hydrogen) atoms. The number of benzene rings is 2. The van der Waals surface area contributed by atoms with Crippen LogP contribution in [0.3, 0.4) is 0 Å². The summed E-state index contributed by atoms with van der Waals surface area (Å²) in [6, 6.07) is 11.5. The second-order valence-electron chi connectivity index (χ2n) is 4.45. The number of hydrogen-bond donors (Lipinski definition) is 1. The highest BCUT2D eigenvalue weighted by molar-refractivity contribution is 5.42. The van der Waals surface area contributed by atoms with E-state index in [1.807, 2.05) is 19.1 Å². The van der Waals surface area contributed by atoms with Crippen LogP contribution in [-0.4, -0.2) is 6.61 Å². The molecule has 0 aliphatic carbocycles. The highest BCUT2D eigenvalue weighted by Gasteiger charge is 2.14. The number of ether oxygens (including phenoxy) is 2. The van der Waals surface area contributed by atoms with Crippen LogP contribution in [-0.2, 0) is 0 Å². The Balaban J connectivity index is 2.30. The molecule has 0 aliphatic rings. The van der Waals surface area contributed by atoms with Crippen LogP contribution >= 0.6 is 0 Å². The molecule has 4 heteroatoms. The van der Waals surface area contributed by atoms with Gasteiger partial charge >= 0.3 is 0 Å². The Morgan fingerprint density at radius 3 is 2.55 bits per heavy atom. The Morgan fingerprint density at radius 1 is 1.15 bits per heavy atom. The maximum Gasteiger partial charge on any atom is 0.135 e. The fourth-order valence-electron chi connectivity index (χ4n) is 1.97. The van der Waals surface area contributed by atoms with Gasteiger partial charge in [0.2, 0.25) is 0 Å². The molecule has 3 nitrogen and oxygen atoms in total. The second kappa shape index (κ2) is 6.39. The van der Waals surface area contributed by atoms with E-state index in [1.165, 1.54) is 6.07 Å². The summed E-state index contributed by atoms with van der Waals surface area (Å²) in [5, 5.41) is 0. The minimum absolute atomic E-state index is 0.363. The fourth-order valence-corrected chi connectivity index (χ4v) is 1.97. The number of hydrogen-bond acceptors (Lipinski definition) is 3. The van der Waals surface area contributed by atoms with Crippen molar-refractivity contribution in [3.05, 3.63) is 53.8 Å². The first kappa shape index (κ1) is 14.3. The molecule has 0 saturated heterocycles. The average molecular weight is 275 g/mol. The molecule has 0 unspecified atom stereocenters. The van der Waals surface area contributed by atoms with Crippen LogP contribution in [0.1, 0.15) is 25.5 Å². The van der Waals surface area contributed by atoms with Gasteiger partial charge in [-0.1, -0.05) is 12.1 Å². The van der Waals surface area contributed by atoms with E-state index in [4.69, 9.17) is 15.2 Å². The van der Waals surface area contributed by atoms with Gasteiger partial charge in [0.25, 0.3) is 0 Å². The molecule has 2 aromatic rings. The van der Waals surface area contributed by atoms with Crippen LogP contribution < -0.4 is 15.2 Å². The smallest absolute Gasteiger partial charge is 0.135 e. The predicted molar refractivity (Wildman–Crippen MR) is 76.7 cm³/mol. The molecule has 0 aromatic heterocycles. The van der Waals surface area contributed by atoms with Crippen LogP contribution in [0.2, 0.25) is 0 Å². The second-order valence-corrected chi connectivity index (χ2v) is 4.45. The molecule has 0 heterocycles. The number of nitrogens with two attached hydrogens (primary N) is 1. The molecule has 0 radical (unpaired) electrons. The number of rotatable bonds is 5. The molecule has 0 aliphatic heterocycles. The maximum atomic E-state index is 13.8. The van der Waals surface area contributed by atoms with E-state index in [0.717, 1.165) is 0 Å². The van der Waals surface area contributed by atoms with E-state index in [9.17, 15) is 4.39 Å². The van der Waals surface area contributed by atoms with Crippen LogP contribution in [0.5, 0.6) is 17.2 Å². The topological polar surface area (TPSA) is 44.5 Å². The molecule has 0 fully saturated rings. The molecular formula is C16H18FNO2. The monoisotopic (exact) mass is 275 g/mol. The zero-order chi connectivity index (χ0) is 14.5. The largest absolute Gasteiger partial charge is 0.494 e. The average Bonchev–Trinajstić information content (AvgIpc) is 2.39. The van der Waals surface area contributed by atoms with Gasteiger partial charge in [-0.15, -0.1) is 0 Å². The minimum Gasteiger partial charge on any atom is -0.494 e. The van der Waals surface area contributed by atoms with Gasteiger partial charge in [0.15, 0.2) is 0 Å². The Kier molecular flexibility index (Phi) is 4.58. The van der Waals surface area contributed by atoms with Crippen molar-refractivity contribution >= 4 is 0 Å². The van der Waals surface area contributed by atoms with Gasteiger partial charge in [-0.3, -0.25) is 0 Å². The van der Waals surface area contributed by atoms with Crippen molar-refractivity contribution in [1.29, 1.82) is 0 Å². The van der Waals surface area contributed by atoms with Gasteiger partial charge in [-0.25, -0.2) is 4.39 Å². The van der Waals surface area contributed by atoms with Gasteiger partial charge < -0.3 is 15.2 Å². The molecule has 0 saturated carbocycles. The first-order valence-corrected chi connectivity index (χ1v) is 6.56. The molecule has 2 N–H and O–H groups in total. The number of halogens is 1. The molecular weight excluding hydrogens is 257 g/mol. The van der Waals surface area contributed by atoms with Gasteiger partial charge in [0, 0.05) is 17.7 Å². The highest BCUT2D eigenvalue weighted by Crippen LogP contribution is 2.32. The normalized spacial score (nSPS) is 12.0. The summed E-state index contributed by atoms with van der Waals surface area (Å²) in [7, 11) is 0. The van der Waals surface area contributed by atoms with Crippen LogP contribution in [0.4, 0.5) is 4.39 Å². The standard InChI is InChI=1S/C16H18FNO2/c1-3-19-12-6-4-7-13(10-12)20-15-9-5-8-14(17)16(15)11(2)18/h4-11H,3,18H2,1-2H3/t11-/m0/s1.